The number of hydrogen-bond donors (Lipinski definition) is 1. The molecule has 1 aromatic heterocycles. The van der Waals surface area contributed by atoms with Gasteiger partial charge in [0, 0.05) is 18.8 Å². The van der Waals surface area contributed by atoms with Crippen molar-refractivity contribution >= 4 is 0 Å². The zero-order valence-corrected chi connectivity index (χ0v) is 8.04. The van der Waals surface area contributed by atoms with Gasteiger partial charge in [-0.15, -0.1) is 0 Å². The maximum absolute atomic E-state index is 5.67. The van der Waals surface area contributed by atoms with Crippen molar-refractivity contribution in [1.82, 2.24) is 9.78 Å². The van der Waals surface area contributed by atoms with Crippen molar-refractivity contribution in [1.29, 1.82) is 0 Å². The Balaban J connectivity index is 2.57. The summed E-state index contributed by atoms with van der Waals surface area (Å²) >= 11 is 0. The molecule has 1 rings (SSSR count). The molecule has 0 saturated carbocycles. The molecule has 0 bridgehead atoms. The van der Waals surface area contributed by atoms with Crippen molar-refractivity contribution in [2.75, 3.05) is 0 Å². The van der Waals surface area contributed by atoms with Gasteiger partial charge in [-0.2, -0.15) is 5.10 Å². The third kappa shape index (κ3) is 2.34. The zero-order chi connectivity index (χ0) is 9.14. The number of hydrogen-bond acceptors (Lipinski definition) is 2. The first-order chi connectivity index (χ1) is 5.59. The zero-order valence-electron chi connectivity index (χ0n) is 8.04. The van der Waals surface area contributed by atoms with E-state index in [4.69, 9.17) is 5.73 Å². The summed E-state index contributed by atoms with van der Waals surface area (Å²) in [5, 5.41) is 4.26. The van der Waals surface area contributed by atoms with Crippen LogP contribution < -0.4 is 5.73 Å². The van der Waals surface area contributed by atoms with Crippen LogP contribution in [-0.2, 0) is 13.5 Å². The van der Waals surface area contributed by atoms with Gasteiger partial charge in [0.1, 0.15) is 0 Å². The van der Waals surface area contributed by atoms with E-state index in [1.165, 1.54) is 5.69 Å². The van der Waals surface area contributed by atoms with Gasteiger partial charge in [0.25, 0.3) is 0 Å². The fourth-order valence-electron chi connectivity index (χ4n) is 1.27. The fourth-order valence-corrected chi connectivity index (χ4v) is 1.27. The molecule has 0 aliphatic rings. The predicted molar refractivity (Wildman–Crippen MR) is 49.9 cm³/mol. The van der Waals surface area contributed by atoms with Crippen LogP contribution in [0, 0.1) is 6.92 Å². The second-order valence-corrected chi connectivity index (χ2v) is 3.42. The molecule has 3 heteroatoms. The highest BCUT2D eigenvalue weighted by atomic mass is 15.3. The number of rotatable bonds is 3. The third-order valence-electron chi connectivity index (χ3n) is 1.95. The molecule has 0 amide bonds. The van der Waals surface area contributed by atoms with Crippen LogP contribution in [0.2, 0.25) is 0 Å². The van der Waals surface area contributed by atoms with E-state index in [0.717, 1.165) is 18.5 Å². The Kier molecular flexibility index (Phi) is 2.87. The Morgan fingerprint density at radius 2 is 2.33 bits per heavy atom. The predicted octanol–water partition coefficient (Wildman–Crippen LogP) is 1.01. The maximum atomic E-state index is 5.67. The molecule has 0 radical (unpaired) electrons. The molecule has 0 saturated heterocycles. The summed E-state index contributed by atoms with van der Waals surface area (Å²) in [6.07, 6.45) is 2.05. The van der Waals surface area contributed by atoms with Crippen molar-refractivity contribution in [2.24, 2.45) is 12.8 Å². The monoisotopic (exact) mass is 167 g/mol. The fraction of sp³-hybridized carbons (Fsp3) is 0.667. The van der Waals surface area contributed by atoms with Gasteiger partial charge in [0.15, 0.2) is 0 Å². The van der Waals surface area contributed by atoms with Crippen molar-refractivity contribution in [3.8, 4) is 0 Å². The molecular formula is C9H17N3. The molecule has 0 unspecified atom stereocenters. The van der Waals surface area contributed by atoms with Gasteiger partial charge in [-0.05, 0) is 32.8 Å². The Morgan fingerprint density at radius 1 is 1.67 bits per heavy atom. The lowest BCUT2D eigenvalue weighted by molar-refractivity contribution is 0.623. The lowest BCUT2D eigenvalue weighted by Crippen LogP contribution is -2.16. The molecule has 3 nitrogen and oxygen atoms in total. The number of aryl methyl sites for hydroxylation is 3. The molecule has 1 aromatic rings. The largest absolute Gasteiger partial charge is 0.328 e. The molecule has 68 valence electrons. The van der Waals surface area contributed by atoms with Crippen molar-refractivity contribution in [2.45, 2.75) is 32.7 Å². The van der Waals surface area contributed by atoms with Crippen LogP contribution >= 0.6 is 0 Å². The summed E-state index contributed by atoms with van der Waals surface area (Å²) in [4.78, 5) is 0. The van der Waals surface area contributed by atoms with Gasteiger partial charge in [0.05, 0.1) is 5.69 Å². The average Bonchev–Trinajstić information content (AvgIpc) is 2.26. The van der Waals surface area contributed by atoms with Crippen LogP contribution in [-0.4, -0.2) is 15.8 Å². The Hall–Kier alpha value is -0.830. The number of nitrogens with two attached hydrogens (primary N) is 1. The Morgan fingerprint density at radius 3 is 2.75 bits per heavy atom. The van der Waals surface area contributed by atoms with E-state index in [0.29, 0.717) is 0 Å². The summed E-state index contributed by atoms with van der Waals surface area (Å²) in [6, 6.07) is 2.39. The quantitative estimate of drug-likeness (QED) is 0.730. The van der Waals surface area contributed by atoms with E-state index in [1.807, 2.05) is 25.6 Å². The second-order valence-electron chi connectivity index (χ2n) is 3.42. The first-order valence-electron chi connectivity index (χ1n) is 4.34. The minimum Gasteiger partial charge on any atom is -0.328 e. The lowest BCUT2D eigenvalue weighted by Gasteiger charge is -2.04. The molecule has 12 heavy (non-hydrogen) atoms. The SMILES string of the molecule is Cc1cc(CC[C@@H](C)N)n(C)n1. The van der Waals surface area contributed by atoms with Gasteiger partial charge in [0.2, 0.25) is 0 Å². The molecule has 0 spiro atoms. The first-order valence-corrected chi connectivity index (χ1v) is 4.34. The van der Waals surface area contributed by atoms with Gasteiger partial charge in [-0.3, -0.25) is 4.68 Å². The van der Waals surface area contributed by atoms with Gasteiger partial charge < -0.3 is 5.73 Å². The van der Waals surface area contributed by atoms with E-state index in [2.05, 4.69) is 11.2 Å². The van der Waals surface area contributed by atoms with Crippen LogP contribution in [0.1, 0.15) is 24.7 Å². The highest BCUT2D eigenvalue weighted by molar-refractivity contribution is 5.08. The van der Waals surface area contributed by atoms with Crippen LogP contribution in [0.5, 0.6) is 0 Å². The normalized spacial score (nSPS) is 13.3. The highest BCUT2D eigenvalue weighted by Gasteiger charge is 2.02. The lowest BCUT2D eigenvalue weighted by atomic mass is 10.1. The third-order valence-corrected chi connectivity index (χ3v) is 1.95. The summed E-state index contributed by atoms with van der Waals surface area (Å²) in [5.74, 6) is 0. The minimum atomic E-state index is 0.278. The van der Waals surface area contributed by atoms with Crippen LogP contribution in [0.3, 0.4) is 0 Å². The van der Waals surface area contributed by atoms with E-state index in [1.54, 1.807) is 0 Å². The molecule has 0 aliphatic heterocycles. The van der Waals surface area contributed by atoms with Gasteiger partial charge in [-0.1, -0.05) is 0 Å². The minimum absolute atomic E-state index is 0.278. The van der Waals surface area contributed by atoms with Crippen LogP contribution in [0.15, 0.2) is 6.07 Å². The molecule has 1 heterocycles. The van der Waals surface area contributed by atoms with Crippen molar-refractivity contribution in [3.05, 3.63) is 17.5 Å². The summed E-state index contributed by atoms with van der Waals surface area (Å²) in [7, 11) is 1.98. The van der Waals surface area contributed by atoms with Crippen LogP contribution in [0.25, 0.3) is 0 Å². The molecular weight excluding hydrogens is 150 g/mol. The van der Waals surface area contributed by atoms with Crippen molar-refractivity contribution in [3.63, 3.8) is 0 Å². The summed E-state index contributed by atoms with van der Waals surface area (Å²) in [5.41, 5.74) is 8.02. The number of aromatic nitrogens is 2. The van der Waals surface area contributed by atoms with E-state index >= 15 is 0 Å². The van der Waals surface area contributed by atoms with Gasteiger partial charge in [-0.25, -0.2) is 0 Å². The summed E-state index contributed by atoms with van der Waals surface area (Å²) in [6.45, 7) is 4.04. The molecule has 0 fully saturated rings. The van der Waals surface area contributed by atoms with Crippen molar-refractivity contribution < 1.29 is 0 Å². The smallest absolute Gasteiger partial charge is 0.0596 e. The first kappa shape index (κ1) is 9.26. The van der Waals surface area contributed by atoms with E-state index in [9.17, 15) is 0 Å². The van der Waals surface area contributed by atoms with E-state index < -0.39 is 0 Å². The molecule has 0 aliphatic carbocycles. The van der Waals surface area contributed by atoms with Gasteiger partial charge >= 0.3 is 0 Å². The molecule has 1 atom stereocenters. The Bertz CT molecular complexity index is 250. The maximum Gasteiger partial charge on any atom is 0.0596 e. The van der Waals surface area contributed by atoms with Crippen LogP contribution in [0.4, 0.5) is 0 Å². The number of nitrogens with zero attached hydrogens (tertiary/aromatic N) is 2. The standard InChI is InChI=1S/C9H17N3/c1-7(10)4-5-9-6-8(2)11-12(9)3/h6-7H,4-5,10H2,1-3H3/t7-/m1/s1. The summed E-state index contributed by atoms with van der Waals surface area (Å²) < 4.78 is 1.93. The highest BCUT2D eigenvalue weighted by Crippen LogP contribution is 2.05. The van der Waals surface area contributed by atoms with E-state index in [-0.39, 0.29) is 6.04 Å². The molecule has 2 N–H and O–H groups in total. The Labute approximate surface area is 73.6 Å². The topological polar surface area (TPSA) is 43.8 Å². The molecule has 0 aromatic carbocycles. The second kappa shape index (κ2) is 3.72. The average molecular weight is 167 g/mol.